The molecule has 0 unspecified atom stereocenters. The summed E-state index contributed by atoms with van der Waals surface area (Å²) in [5.41, 5.74) is 1.09. The van der Waals surface area contributed by atoms with Crippen LogP contribution in [0.3, 0.4) is 0 Å². The molecule has 1 aromatic heterocycles. The van der Waals surface area contributed by atoms with Crippen molar-refractivity contribution < 1.29 is 14.6 Å². The summed E-state index contributed by atoms with van der Waals surface area (Å²) in [5.74, 6) is -0.739. The van der Waals surface area contributed by atoms with Crippen molar-refractivity contribution in [3.05, 3.63) is 46.7 Å². The van der Waals surface area contributed by atoms with Gasteiger partial charge in [0.05, 0.1) is 6.61 Å². The molecule has 19 heavy (non-hydrogen) atoms. The zero-order valence-electron chi connectivity index (χ0n) is 10.3. The number of hydrogen-bond acceptors (Lipinski definition) is 3. The minimum Gasteiger partial charge on any atom is -0.492 e. The molecule has 0 bridgehead atoms. The number of aryl methyl sites for hydroxylation is 1. The van der Waals surface area contributed by atoms with Gasteiger partial charge in [0.2, 0.25) is 0 Å². The Balaban J connectivity index is 2.03. The van der Waals surface area contributed by atoms with Crippen molar-refractivity contribution in [3.8, 4) is 5.75 Å². The Morgan fingerprint density at radius 3 is 2.89 bits per heavy atom. The first-order valence-corrected chi connectivity index (χ1v) is 6.08. The van der Waals surface area contributed by atoms with E-state index in [2.05, 4.69) is 5.10 Å². The Morgan fingerprint density at radius 1 is 1.47 bits per heavy atom. The van der Waals surface area contributed by atoms with Gasteiger partial charge in [-0.05, 0) is 24.3 Å². The number of carboxylic acid groups (broad SMARTS) is 1. The summed E-state index contributed by atoms with van der Waals surface area (Å²) in [7, 11) is 1.85. The van der Waals surface area contributed by atoms with Crippen LogP contribution in [0.4, 0.5) is 0 Å². The number of aromatic nitrogens is 2. The van der Waals surface area contributed by atoms with Crippen LogP contribution >= 0.6 is 11.6 Å². The van der Waals surface area contributed by atoms with Gasteiger partial charge in [0.25, 0.3) is 0 Å². The van der Waals surface area contributed by atoms with Crippen LogP contribution in [0, 0.1) is 0 Å². The van der Waals surface area contributed by atoms with E-state index in [1.165, 1.54) is 6.07 Å². The average Bonchev–Trinajstić information content (AvgIpc) is 2.77. The van der Waals surface area contributed by atoms with Crippen molar-refractivity contribution in [2.24, 2.45) is 7.05 Å². The van der Waals surface area contributed by atoms with Gasteiger partial charge in [-0.3, -0.25) is 4.68 Å². The summed E-state index contributed by atoms with van der Waals surface area (Å²) in [6.07, 6.45) is 2.36. The third-order valence-corrected chi connectivity index (χ3v) is 2.95. The predicted molar refractivity (Wildman–Crippen MR) is 70.8 cm³/mol. The van der Waals surface area contributed by atoms with Gasteiger partial charge in [0.1, 0.15) is 11.3 Å². The molecule has 5 nitrogen and oxygen atoms in total. The van der Waals surface area contributed by atoms with Crippen LogP contribution in [-0.4, -0.2) is 27.5 Å². The largest absolute Gasteiger partial charge is 0.492 e. The van der Waals surface area contributed by atoms with E-state index in [1.54, 1.807) is 23.0 Å². The molecule has 0 spiro atoms. The van der Waals surface area contributed by atoms with Crippen LogP contribution in [0.1, 0.15) is 16.1 Å². The summed E-state index contributed by atoms with van der Waals surface area (Å²) in [5, 5.41) is 13.5. The third-order valence-electron chi connectivity index (χ3n) is 2.71. The fraction of sp³-hybridized carbons (Fsp3) is 0.231. The Labute approximate surface area is 115 Å². The Hall–Kier alpha value is -2.01. The molecule has 2 aromatic rings. The van der Waals surface area contributed by atoms with E-state index in [1.807, 2.05) is 13.1 Å². The molecule has 2 rings (SSSR count). The van der Waals surface area contributed by atoms with Gasteiger partial charge >= 0.3 is 5.97 Å². The fourth-order valence-corrected chi connectivity index (χ4v) is 1.88. The molecule has 0 radical (unpaired) electrons. The minimum atomic E-state index is -1.06. The van der Waals surface area contributed by atoms with Crippen molar-refractivity contribution in [2.75, 3.05) is 6.61 Å². The van der Waals surface area contributed by atoms with E-state index in [0.29, 0.717) is 23.8 Å². The van der Waals surface area contributed by atoms with E-state index >= 15 is 0 Å². The Kier molecular flexibility index (Phi) is 4.06. The molecule has 0 amide bonds. The molecule has 100 valence electrons. The van der Waals surface area contributed by atoms with Crippen LogP contribution in [0.25, 0.3) is 0 Å². The van der Waals surface area contributed by atoms with Crippen molar-refractivity contribution >= 4 is 17.6 Å². The zero-order chi connectivity index (χ0) is 13.8. The normalized spacial score (nSPS) is 10.4. The maximum Gasteiger partial charge on any atom is 0.339 e. The van der Waals surface area contributed by atoms with E-state index < -0.39 is 5.97 Å². The molecule has 0 aliphatic carbocycles. The highest BCUT2D eigenvalue weighted by molar-refractivity contribution is 6.31. The number of carbonyl (C=O) groups is 1. The number of aromatic carboxylic acids is 1. The Morgan fingerprint density at radius 2 is 2.26 bits per heavy atom. The monoisotopic (exact) mass is 280 g/mol. The summed E-state index contributed by atoms with van der Waals surface area (Å²) < 4.78 is 7.25. The molecule has 0 fully saturated rings. The first-order valence-electron chi connectivity index (χ1n) is 5.70. The van der Waals surface area contributed by atoms with E-state index in [9.17, 15) is 4.79 Å². The van der Waals surface area contributed by atoms with Crippen LogP contribution < -0.4 is 4.74 Å². The van der Waals surface area contributed by atoms with Gasteiger partial charge in [-0.2, -0.15) is 5.10 Å². The summed E-state index contributed by atoms with van der Waals surface area (Å²) in [6, 6.07) is 6.44. The lowest BCUT2D eigenvalue weighted by atomic mass is 10.2. The SMILES string of the molecule is Cn1nccc1CCOc1ccc(Cl)cc1C(=O)O. The van der Waals surface area contributed by atoms with E-state index in [-0.39, 0.29) is 5.56 Å². The van der Waals surface area contributed by atoms with Crippen molar-refractivity contribution in [1.82, 2.24) is 9.78 Å². The number of hydrogen-bond donors (Lipinski definition) is 1. The highest BCUT2D eigenvalue weighted by Crippen LogP contribution is 2.23. The molecule has 6 heteroatoms. The van der Waals surface area contributed by atoms with Gasteiger partial charge in [-0.15, -0.1) is 0 Å². The second-order valence-electron chi connectivity index (χ2n) is 3.99. The summed E-state index contributed by atoms with van der Waals surface area (Å²) >= 11 is 5.77. The number of halogens is 1. The molecule has 1 aromatic carbocycles. The van der Waals surface area contributed by atoms with Crippen LogP contribution in [0.5, 0.6) is 5.75 Å². The Bertz CT molecular complexity index is 595. The number of benzene rings is 1. The zero-order valence-corrected chi connectivity index (χ0v) is 11.1. The maximum absolute atomic E-state index is 11.1. The molecule has 0 saturated carbocycles. The number of rotatable bonds is 5. The van der Waals surface area contributed by atoms with Gasteiger partial charge in [0, 0.05) is 30.4 Å². The highest BCUT2D eigenvalue weighted by Gasteiger charge is 2.12. The first kappa shape index (κ1) is 13.4. The van der Waals surface area contributed by atoms with Gasteiger partial charge in [0.15, 0.2) is 0 Å². The molecular formula is C13H13ClN2O3. The quantitative estimate of drug-likeness (QED) is 0.913. The molecule has 0 saturated heterocycles. The van der Waals surface area contributed by atoms with Crippen LogP contribution in [-0.2, 0) is 13.5 Å². The number of nitrogens with zero attached hydrogens (tertiary/aromatic N) is 2. The summed E-state index contributed by atoms with van der Waals surface area (Å²) in [4.78, 5) is 11.1. The standard InChI is InChI=1S/C13H13ClN2O3/c1-16-10(4-6-15-16)5-7-19-12-3-2-9(14)8-11(12)13(17)18/h2-4,6,8H,5,7H2,1H3,(H,17,18). The molecular weight excluding hydrogens is 268 g/mol. The van der Waals surface area contributed by atoms with E-state index in [4.69, 9.17) is 21.4 Å². The molecule has 0 aliphatic heterocycles. The van der Waals surface area contributed by atoms with Crippen molar-refractivity contribution in [1.29, 1.82) is 0 Å². The molecule has 1 N–H and O–H groups in total. The number of carboxylic acids is 1. The topological polar surface area (TPSA) is 64.4 Å². The first-order chi connectivity index (χ1) is 9.08. The average molecular weight is 281 g/mol. The second-order valence-corrected chi connectivity index (χ2v) is 4.43. The lowest BCUT2D eigenvalue weighted by Gasteiger charge is -2.09. The minimum absolute atomic E-state index is 0.0671. The van der Waals surface area contributed by atoms with Crippen molar-refractivity contribution in [2.45, 2.75) is 6.42 Å². The fourth-order valence-electron chi connectivity index (χ4n) is 1.71. The van der Waals surface area contributed by atoms with Crippen LogP contribution in [0.2, 0.25) is 5.02 Å². The highest BCUT2D eigenvalue weighted by atomic mass is 35.5. The molecule has 0 atom stereocenters. The number of ether oxygens (including phenoxy) is 1. The van der Waals surface area contributed by atoms with E-state index in [0.717, 1.165) is 5.69 Å². The third kappa shape index (κ3) is 3.26. The van der Waals surface area contributed by atoms with Gasteiger partial charge in [-0.25, -0.2) is 4.79 Å². The maximum atomic E-state index is 11.1. The van der Waals surface area contributed by atoms with Crippen molar-refractivity contribution in [3.63, 3.8) is 0 Å². The van der Waals surface area contributed by atoms with Gasteiger partial charge in [-0.1, -0.05) is 11.6 Å². The summed E-state index contributed by atoms with van der Waals surface area (Å²) in [6.45, 7) is 0.376. The molecule has 1 heterocycles. The van der Waals surface area contributed by atoms with Gasteiger partial charge < -0.3 is 9.84 Å². The molecule has 0 aliphatic rings. The van der Waals surface area contributed by atoms with Crippen LogP contribution in [0.15, 0.2) is 30.5 Å². The predicted octanol–water partition coefficient (Wildman–Crippen LogP) is 2.39. The lowest BCUT2D eigenvalue weighted by molar-refractivity contribution is 0.0692. The second kappa shape index (κ2) is 5.75. The smallest absolute Gasteiger partial charge is 0.339 e. The lowest BCUT2D eigenvalue weighted by Crippen LogP contribution is -2.08.